The Morgan fingerprint density at radius 1 is 0.920 bits per heavy atom. The molecular weight excluding hydrogens is 482 g/mol. The van der Waals surface area contributed by atoms with Gasteiger partial charge in [0.05, 0.1) is 30.4 Å². The van der Waals surface area contributed by atoms with Crippen LogP contribution in [0.1, 0.15) is 20.7 Å². The molecule has 9 heteroatoms. The lowest BCUT2D eigenvalue weighted by Crippen LogP contribution is -2.06. The second-order valence-electron chi connectivity index (χ2n) is 4.57. The molecule has 4 N–H and O–H groups in total. The number of nitrogens with two attached hydrogens (primary N) is 2. The van der Waals surface area contributed by atoms with Crippen molar-refractivity contribution in [3.8, 4) is 0 Å². The van der Waals surface area contributed by atoms with Gasteiger partial charge in [0.2, 0.25) is 0 Å². The van der Waals surface area contributed by atoms with E-state index in [1.54, 1.807) is 12.1 Å². The zero-order valence-corrected chi connectivity index (χ0v) is 17.0. The average Bonchev–Trinajstić information content (AvgIpc) is 2.57. The molecule has 0 spiro atoms. The first-order valence-corrected chi connectivity index (χ1v) is 8.50. The fourth-order valence-corrected chi connectivity index (χ4v) is 2.50. The molecule has 0 saturated heterocycles. The van der Waals surface area contributed by atoms with Crippen molar-refractivity contribution < 1.29 is 19.1 Å². The fourth-order valence-electron chi connectivity index (χ4n) is 1.68. The van der Waals surface area contributed by atoms with Crippen LogP contribution < -0.4 is 11.5 Å². The highest BCUT2D eigenvalue weighted by atomic mass is 127. The SMILES string of the molecule is COC(=O)c1cc(I)c(Cl)cc1N.COC(=O)c1ccc(Cl)cc1N. The van der Waals surface area contributed by atoms with Crippen LogP contribution >= 0.6 is 45.8 Å². The molecule has 6 nitrogen and oxygen atoms in total. The summed E-state index contributed by atoms with van der Waals surface area (Å²) in [4.78, 5) is 22.1. The van der Waals surface area contributed by atoms with E-state index in [9.17, 15) is 9.59 Å². The first-order valence-electron chi connectivity index (χ1n) is 6.67. The van der Waals surface area contributed by atoms with Gasteiger partial charge in [-0.3, -0.25) is 0 Å². The van der Waals surface area contributed by atoms with E-state index in [4.69, 9.17) is 34.7 Å². The third-order valence-electron chi connectivity index (χ3n) is 2.92. The molecule has 0 fully saturated rings. The maximum absolute atomic E-state index is 11.1. The maximum atomic E-state index is 11.1. The van der Waals surface area contributed by atoms with Gasteiger partial charge in [0.1, 0.15) is 0 Å². The first-order chi connectivity index (χ1) is 11.7. The van der Waals surface area contributed by atoms with Gasteiger partial charge in [-0.15, -0.1) is 0 Å². The molecule has 0 heterocycles. The van der Waals surface area contributed by atoms with Crippen molar-refractivity contribution in [1.82, 2.24) is 0 Å². The van der Waals surface area contributed by atoms with E-state index in [0.29, 0.717) is 32.5 Å². The number of halogens is 3. The van der Waals surface area contributed by atoms with Crippen molar-refractivity contribution in [1.29, 1.82) is 0 Å². The first kappa shape index (κ1) is 21.3. The van der Waals surface area contributed by atoms with E-state index in [1.165, 1.54) is 32.4 Å². The van der Waals surface area contributed by atoms with Gasteiger partial charge >= 0.3 is 11.9 Å². The number of ether oxygens (including phenoxy) is 2. The fraction of sp³-hybridized carbons (Fsp3) is 0.125. The van der Waals surface area contributed by atoms with Crippen molar-refractivity contribution in [2.45, 2.75) is 0 Å². The zero-order valence-electron chi connectivity index (χ0n) is 13.3. The summed E-state index contributed by atoms with van der Waals surface area (Å²) >= 11 is 13.4. The molecule has 0 aliphatic rings. The lowest BCUT2D eigenvalue weighted by Gasteiger charge is -2.05. The third-order valence-corrected chi connectivity index (χ3v) is 4.68. The maximum Gasteiger partial charge on any atom is 0.339 e. The average molecular weight is 497 g/mol. The molecule has 0 atom stereocenters. The lowest BCUT2D eigenvalue weighted by atomic mass is 10.2. The highest BCUT2D eigenvalue weighted by Gasteiger charge is 2.12. The van der Waals surface area contributed by atoms with Gasteiger partial charge in [-0.05, 0) is 52.9 Å². The summed E-state index contributed by atoms with van der Waals surface area (Å²) in [5, 5.41) is 1.03. The Labute approximate surface area is 168 Å². The van der Waals surface area contributed by atoms with Crippen LogP contribution in [0.3, 0.4) is 0 Å². The Kier molecular flexibility index (Phi) is 8.27. The molecule has 2 aromatic rings. The quantitative estimate of drug-likeness (QED) is 0.369. The van der Waals surface area contributed by atoms with Crippen molar-refractivity contribution in [2.24, 2.45) is 0 Å². The number of anilines is 2. The van der Waals surface area contributed by atoms with Crippen LogP contribution in [0.2, 0.25) is 10.0 Å². The largest absolute Gasteiger partial charge is 0.465 e. The second kappa shape index (κ2) is 9.69. The number of carbonyl (C=O) groups is 2. The Morgan fingerprint density at radius 2 is 1.44 bits per heavy atom. The Morgan fingerprint density at radius 3 is 1.96 bits per heavy atom. The number of esters is 2. The summed E-state index contributed by atoms with van der Waals surface area (Å²) in [6, 6.07) is 7.76. The minimum Gasteiger partial charge on any atom is -0.465 e. The van der Waals surface area contributed by atoms with E-state index in [2.05, 4.69) is 9.47 Å². The van der Waals surface area contributed by atoms with Crippen molar-refractivity contribution in [2.75, 3.05) is 25.7 Å². The molecular formula is C16H15Cl2IN2O4. The molecule has 0 bridgehead atoms. The predicted octanol–water partition coefficient (Wildman–Crippen LogP) is 4.02. The second-order valence-corrected chi connectivity index (χ2v) is 6.57. The minimum atomic E-state index is -0.454. The molecule has 0 amide bonds. The van der Waals surface area contributed by atoms with Gasteiger partial charge in [-0.1, -0.05) is 23.2 Å². The number of hydrogen-bond donors (Lipinski definition) is 2. The molecule has 134 valence electrons. The smallest absolute Gasteiger partial charge is 0.339 e. The Balaban J connectivity index is 0.000000251. The van der Waals surface area contributed by atoms with Crippen LogP contribution in [0.15, 0.2) is 30.3 Å². The molecule has 0 unspecified atom stereocenters. The molecule has 2 aromatic carbocycles. The number of hydrogen-bond acceptors (Lipinski definition) is 6. The van der Waals surface area contributed by atoms with Crippen molar-refractivity contribution in [3.05, 3.63) is 55.1 Å². The molecule has 2 rings (SSSR count). The van der Waals surface area contributed by atoms with Gasteiger partial charge < -0.3 is 20.9 Å². The van der Waals surface area contributed by atoms with Crippen LogP contribution in [0, 0.1) is 3.57 Å². The summed E-state index contributed by atoms with van der Waals surface area (Å²) in [5.41, 5.74) is 12.4. The van der Waals surface area contributed by atoms with Crippen LogP contribution in [-0.2, 0) is 9.47 Å². The van der Waals surface area contributed by atoms with E-state index in [1.807, 2.05) is 22.6 Å². The highest BCUT2D eigenvalue weighted by Crippen LogP contribution is 2.25. The normalized spacial score (nSPS) is 9.64. The molecule has 0 radical (unpaired) electrons. The molecule has 0 aromatic heterocycles. The molecule has 0 aliphatic carbocycles. The third kappa shape index (κ3) is 5.94. The number of rotatable bonds is 2. The lowest BCUT2D eigenvalue weighted by molar-refractivity contribution is 0.0593. The predicted molar refractivity (Wildman–Crippen MR) is 107 cm³/mol. The van der Waals surface area contributed by atoms with Crippen molar-refractivity contribution in [3.63, 3.8) is 0 Å². The monoisotopic (exact) mass is 496 g/mol. The zero-order chi connectivity index (χ0) is 19.1. The van der Waals surface area contributed by atoms with Crippen LogP contribution in [0.25, 0.3) is 0 Å². The van der Waals surface area contributed by atoms with E-state index in [-0.39, 0.29) is 0 Å². The summed E-state index contributed by atoms with van der Waals surface area (Å²) < 4.78 is 9.81. The van der Waals surface area contributed by atoms with Gasteiger partial charge in [0.15, 0.2) is 0 Å². The number of benzene rings is 2. The minimum absolute atomic E-state index is 0.328. The van der Waals surface area contributed by atoms with Gasteiger partial charge in [-0.2, -0.15) is 0 Å². The Hall–Kier alpha value is -1.71. The van der Waals surface area contributed by atoms with Crippen LogP contribution in [-0.4, -0.2) is 26.2 Å². The summed E-state index contributed by atoms with van der Waals surface area (Å²) in [6.45, 7) is 0. The highest BCUT2D eigenvalue weighted by molar-refractivity contribution is 14.1. The summed E-state index contributed by atoms with van der Waals surface area (Å²) in [5.74, 6) is -0.906. The topological polar surface area (TPSA) is 105 Å². The van der Waals surface area contributed by atoms with Crippen LogP contribution in [0.4, 0.5) is 11.4 Å². The Bertz CT molecular complexity index is 800. The van der Waals surface area contributed by atoms with Crippen molar-refractivity contribution >= 4 is 69.1 Å². The summed E-state index contributed by atoms with van der Waals surface area (Å²) in [7, 11) is 2.61. The van der Waals surface area contributed by atoms with E-state index in [0.717, 1.165) is 3.57 Å². The van der Waals surface area contributed by atoms with Gasteiger partial charge in [-0.25, -0.2) is 9.59 Å². The van der Waals surface area contributed by atoms with Gasteiger partial charge in [0, 0.05) is 20.0 Å². The molecule has 0 aliphatic heterocycles. The summed E-state index contributed by atoms with van der Waals surface area (Å²) in [6.07, 6.45) is 0. The van der Waals surface area contributed by atoms with Gasteiger partial charge in [0.25, 0.3) is 0 Å². The molecule has 25 heavy (non-hydrogen) atoms. The van der Waals surface area contributed by atoms with E-state index < -0.39 is 11.9 Å². The standard InChI is InChI=1S/C8H7ClINO2.C8H8ClNO2/c1-13-8(12)4-2-6(10)5(9)3-7(4)11;1-12-8(11)6-3-2-5(9)4-7(6)10/h2-3H,11H2,1H3;2-4H,10H2,1H3. The molecule has 0 saturated carbocycles. The van der Waals surface area contributed by atoms with E-state index >= 15 is 0 Å². The number of carbonyl (C=O) groups excluding carboxylic acids is 2. The van der Waals surface area contributed by atoms with Crippen LogP contribution in [0.5, 0.6) is 0 Å². The number of methoxy groups -OCH3 is 2. The number of nitrogen functional groups attached to an aromatic ring is 2.